The summed E-state index contributed by atoms with van der Waals surface area (Å²) >= 11 is 0. The zero-order valence-electron chi connectivity index (χ0n) is 12.3. The van der Waals surface area contributed by atoms with Gasteiger partial charge in [-0.2, -0.15) is 5.10 Å². The maximum Gasteiger partial charge on any atom is 0.333 e. The van der Waals surface area contributed by atoms with Gasteiger partial charge in [-0.25, -0.2) is 9.67 Å². The van der Waals surface area contributed by atoms with E-state index in [2.05, 4.69) is 15.4 Å². The first-order chi connectivity index (χ1) is 10.1. The molecule has 0 bridgehead atoms. The number of nitrogens with zero attached hydrogens (tertiary/aromatic N) is 5. The summed E-state index contributed by atoms with van der Waals surface area (Å²) in [7, 11) is 0. The molecule has 1 N–H and O–H groups in total. The van der Waals surface area contributed by atoms with E-state index in [0.717, 1.165) is 19.4 Å². The van der Waals surface area contributed by atoms with Gasteiger partial charge in [0.05, 0.1) is 11.3 Å². The normalized spacial score (nSPS) is 10.8. The highest BCUT2D eigenvalue weighted by molar-refractivity contribution is 5.59. The van der Waals surface area contributed by atoms with Crippen LogP contribution in [0.3, 0.4) is 0 Å². The molecule has 2 heterocycles. The van der Waals surface area contributed by atoms with Gasteiger partial charge in [-0.1, -0.05) is 6.92 Å². The third-order valence-electron chi connectivity index (χ3n) is 3.16. The Kier molecular flexibility index (Phi) is 4.91. The van der Waals surface area contributed by atoms with Crippen LogP contribution in [0.1, 0.15) is 25.5 Å². The third-order valence-corrected chi connectivity index (χ3v) is 3.16. The molecule has 2 rings (SSSR count). The van der Waals surface area contributed by atoms with Gasteiger partial charge in [0.15, 0.2) is 0 Å². The van der Waals surface area contributed by atoms with Crippen molar-refractivity contribution in [2.75, 3.05) is 11.9 Å². The number of hydrogen-bond donors (Lipinski definition) is 1. The SMILES string of the molecule is CCCn1nc(C)c([N+](=O)[O-])c1NCCCn1ccnc1. The first kappa shape index (κ1) is 15.0. The first-order valence-electron chi connectivity index (χ1n) is 7.05. The molecular weight excluding hydrogens is 272 g/mol. The Balaban J connectivity index is 2.01. The van der Waals surface area contributed by atoms with E-state index in [1.165, 1.54) is 0 Å². The first-order valence-corrected chi connectivity index (χ1v) is 7.05. The molecule has 0 aliphatic carbocycles. The van der Waals surface area contributed by atoms with Crippen molar-refractivity contribution < 1.29 is 4.92 Å². The van der Waals surface area contributed by atoms with Gasteiger partial charge in [-0.15, -0.1) is 0 Å². The molecule has 0 saturated heterocycles. The second kappa shape index (κ2) is 6.87. The monoisotopic (exact) mass is 292 g/mol. The van der Waals surface area contributed by atoms with Crippen molar-refractivity contribution in [3.63, 3.8) is 0 Å². The molecule has 0 unspecified atom stereocenters. The van der Waals surface area contributed by atoms with E-state index in [1.54, 1.807) is 24.1 Å². The number of nitrogens with one attached hydrogen (secondary N) is 1. The zero-order chi connectivity index (χ0) is 15.2. The minimum Gasteiger partial charge on any atom is -0.364 e. The van der Waals surface area contributed by atoms with Crippen LogP contribution in [0.4, 0.5) is 11.5 Å². The van der Waals surface area contributed by atoms with Crippen LogP contribution in [-0.2, 0) is 13.1 Å². The average molecular weight is 292 g/mol. The largest absolute Gasteiger partial charge is 0.364 e. The topological polar surface area (TPSA) is 90.8 Å². The Morgan fingerprint density at radius 3 is 2.86 bits per heavy atom. The van der Waals surface area contributed by atoms with Gasteiger partial charge in [0, 0.05) is 32.0 Å². The van der Waals surface area contributed by atoms with Gasteiger partial charge in [-0.05, 0) is 19.8 Å². The fourth-order valence-electron chi connectivity index (χ4n) is 2.23. The van der Waals surface area contributed by atoms with Gasteiger partial charge in [0.25, 0.3) is 0 Å². The molecule has 8 nitrogen and oxygen atoms in total. The molecule has 21 heavy (non-hydrogen) atoms. The lowest BCUT2D eigenvalue weighted by Crippen LogP contribution is -2.12. The highest BCUT2D eigenvalue weighted by Gasteiger charge is 2.24. The van der Waals surface area contributed by atoms with Gasteiger partial charge in [0.2, 0.25) is 5.82 Å². The summed E-state index contributed by atoms with van der Waals surface area (Å²) in [5, 5.41) is 18.6. The summed E-state index contributed by atoms with van der Waals surface area (Å²) in [6.45, 7) is 5.82. The number of aryl methyl sites for hydroxylation is 3. The molecule has 114 valence electrons. The zero-order valence-corrected chi connectivity index (χ0v) is 12.3. The summed E-state index contributed by atoms with van der Waals surface area (Å²) in [5.41, 5.74) is 0.525. The van der Waals surface area contributed by atoms with Crippen molar-refractivity contribution >= 4 is 11.5 Å². The molecule has 0 aromatic carbocycles. The van der Waals surface area contributed by atoms with E-state index in [0.29, 0.717) is 24.6 Å². The Bertz CT molecular complexity index is 590. The fraction of sp³-hybridized carbons (Fsp3) is 0.538. The van der Waals surface area contributed by atoms with E-state index in [9.17, 15) is 10.1 Å². The van der Waals surface area contributed by atoms with Crippen molar-refractivity contribution in [2.45, 2.75) is 39.8 Å². The molecule has 0 aliphatic rings. The van der Waals surface area contributed by atoms with Crippen LogP contribution in [0.15, 0.2) is 18.7 Å². The number of aromatic nitrogens is 4. The Labute approximate surface area is 122 Å². The summed E-state index contributed by atoms with van der Waals surface area (Å²) in [4.78, 5) is 14.8. The molecule has 0 atom stereocenters. The lowest BCUT2D eigenvalue weighted by molar-refractivity contribution is -0.384. The van der Waals surface area contributed by atoms with Gasteiger partial charge in [0.1, 0.15) is 5.69 Å². The summed E-state index contributed by atoms with van der Waals surface area (Å²) in [6, 6.07) is 0. The summed E-state index contributed by atoms with van der Waals surface area (Å²) < 4.78 is 3.66. The van der Waals surface area contributed by atoms with E-state index < -0.39 is 0 Å². The highest BCUT2D eigenvalue weighted by atomic mass is 16.6. The van der Waals surface area contributed by atoms with Crippen LogP contribution in [0.5, 0.6) is 0 Å². The molecule has 0 radical (unpaired) electrons. The Hall–Kier alpha value is -2.38. The van der Waals surface area contributed by atoms with Crippen LogP contribution < -0.4 is 5.32 Å². The second-order valence-electron chi connectivity index (χ2n) is 4.84. The second-order valence-corrected chi connectivity index (χ2v) is 4.84. The molecule has 2 aromatic heterocycles. The van der Waals surface area contributed by atoms with Gasteiger partial charge < -0.3 is 9.88 Å². The average Bonchev–Trinajstić information content (AvgIpc) is 3.03. The van der Waals surface area contributed by atoms with E-state index in [1.807, 2.05) is 17.7 Å². The lowest BCUT2D eigenvalue weighted by atomic mass is 10.3. The van der Waals surface area contributed by atoms with Crippen molar-refractivity contribution in [3.8, 4) is 0 Å². The number of imidazole rings is 1. The number of rotatable bonds is 8. The van der Waals surface area contributed by atoms with Crippen molar-refractivity contribution in [1.82, 2.24) is 19.3 Å². The van der Waals surface area contributed by atoms with Crippen molar-refractivity contribution in [3.05, 3.63) is 34.5 Å². The van der Waals surface area contributed by atoms with Crippen molar-refractivity contribution in [2.24, 2.45) is 0 Å². The quantitative estimate of drug-likeness (QED) is 0.457. The number of hydrogen-bond acceptors (Lipinski definition) is 5. The lowest BCUT2D eigenvalue weighted by Gasteiger charge is -2.08. The van der Waals surface area contributed by atoms with E-state index >= 15 is 0 Å². The smallest absolute Gasteiger partial charge is 0.333 e. The standard InChI is InChI=1S/C13H20N6O2/c1-3-7-18-13(12(19(20)21)11(2)16-18)15-5-4-8-17-9-6-14-10-17/h6,9-10,15H,3-5,7-8H2,1-2H3. The summed E-state index contributed by atoms with van der Waals surface area (Å²) in [5.74, 6) is 0.505. The van der Waals surface area contributed by atoms with Gasteiger partial charge in [-0.3, -0.25) is 10.1 Å². The van der Waals surface area contributed by atoms with Crippen LogP contribution in [-0.4, -0.2) is 30.8 Å². The minimum atomic E-state index is -0.368. The predicted octanol–water partition coefficient (Wildman–Crippen LogP) is 2.21. The predicted molar refractivity (Wildman–Crippen MR) is 79.2 cm³/mol. The maximum atomic E-state index is 11.2. The highest BCUT2D eigenvalue weighted by Crippen LogP contribution is 2.28. The number of nitro groups is 1. The molecule has 0 saturated carbocycles. The molecule has 8 heteroatoms. The third kappa shape index (κ3) is 3.59. The number of anilines is 1. The fourth-order valence-corrected chi connectivity index (χ4v) is 2.23. The molecule has 0 spiro atoms. The Morgan fingerprint density at radius 1 is 1.43 bits per heavy atom. The molecule has 0 fully saturated rings. The molecular formula is C13H20N6O2. The van der Waals surface area contributed by atoms with E-state index in [4.69, 9.17) is 0 Å². The molecule has 2 aromatic rings. The van der Waals surface area contributed by atoms with Crippen LogP contribution in [0.2, 0.25) is 0 Å². The molecule has 0 amide bonds. The van der Waals surface area contributed by atoms with Crippen LogP contribution >= 0.6 is 0 Å². The van der Waals surface area contributed by atoms with Crippen LogP contribution in [0, 0.1) is 17.0 Å². The van der Waals surface area contributed by atoms with Gasteiger partial charge >= 0.3 is 5.69 Å². The van der Waals surface area contributed by atoms with Crippen LogP contribution in [0.25, 0.3) is 0 Å². The maximum absolute atomic E-state index is 11.2. The van der Waals surface area contributed by atoms with Crippen molar-refractivity contribution in [1.29, 1.82) is 0 Å². The van der Waals surface area contributed by atoms with E-state index in [-0.39, 0.29) is 10.6 Å². The Morgan fingerprint density at radius 2 is 2.24 bits per heavy atom. The summed E-state index contributed by atoms with van der Waals surface area (Å²) in [6.07, 6.45) is 7.12. The minimum absolute atomic E-state index is 0.0751. The molecule has 0 aliphatic heterocycles.